The Hall–Kier alpha value is -0.560. The smallest absolute Gasteiger partial charge is 0.221 e. The average Bonchev–Trinajstić information content (AvgIpc) is 2.43. The molecule has 0 heterocycles. The number of unbranched alkanes of at least 4 members (excludes halogenated alkanes) is 9. The van der Waals surface area contributed by atoms with Crippen LogP contribution in [0.4, 0.5) is 0 Å². The minimum atomic E-state index is -0.210. The summed E-state index contributed by atoms with van der Waals surface area (Å²) in [6.07, 6.45) is 22.9. The first-order chi connectivity index (χ1) is 9.77. The summed E-state index contributed by atoms with van der Waals surface area (Å²) < 4.78 is 0. The van der Waals surface area contributed by atoms with Crippen LogP contribution >= 0.6 is 11.6 Å². The number of halogens is 1. The Balaban J connectivity index is 3.21. The third kappa shape index (κ3) is 17.4. The van der Waals surface area contributed by atoms with Crippen LogP contribution in [0, 0.1) is 0 Å². The highest BCUT2D eigenvalue weighted by Crippen LogP contribution is 2.07. The topological polar surface area (TPSA) is 17.1 Å². The first kappa shape index (κ1) is 19.4. The van der Waals surface area contributed by atoms with E-state index in [1.807, 2.05) is 0 Å². The highest BCUT2D eigenvalue weighted by Gasteiger charge is 1.94. The van der Waals surface area contributed by atoms with Crippen molar-refractivity contribution >= 4 is 16.8 Å². The van der Waals surface area contributed by atoms with Gasteiger partial charge in [0, 0.05) is 6.42 Å². The van der Waals surface area contributed by atoms with Gasteiger partial charge in [-0.3, -0.25) is 4.79 Å². The zero-order valence-electron chi connectivity index (χ0n) is 13.1. The van der Waals surface area contributed by atoms with Gasteiger partial charge in [0.05, 0.1) is 0 Å². The molecule has 0 saturated heterocycles. The van der Waals surface area contributed by atoms with Gasteiger partial charge in [-0.1, -0.05) is 69.8 Å². The van der Waals surface area contributed by atoms with Crippen LogP contribution in [0.25, 0.3) is 0 Å². The van der Waals surface area contributed by atoms with Gasteiger partial charge in [-0.05, 0) is 43.7 Å². The Labute approximate surface area is 130 Å². The fraction of sp³-hybridized carbons (Fsp3) is 0.722. The Bertz CT molecular complexity index is 269. The number of carbonyl (C=O) groups excluding carboxylic acids is 1. The van der Waals surface area contributed by atoms with Crippen molar-refractivity contribution in [3.05, 3.63) is 24.3 Å². The molecule has 0 aromatic heterocycles. The fourth-order valence-corrected chi connectivity index (χ4v) is 2.23. The highest BCUT2D eigenvalue weighted by atomic mass is 35.5. The SMILES string of the molecule is CCCCCCCCC=CC=CCCCCCC(=O)Cl. The molecule has 0 aliphatic heterocycles. The van der Waals surface area contributed by atoms with E-state index in [0.29, 0.717) is 6.42 Å². The first-order valence-corrected chi connectivity index (χ1v) is 8.65. The number of hydrogen-bond acceptors (Lipinski definition) is 1. The second-order valence-corrected chi connectivity index (χ2v) is 5.79. The van der Waals surface area contributed by atoms with Crippen molar-refractivity contribution in [2.45, 2.75) is 84.0 Å². The van der Waals surface area contributed by atoms with E-state index >= 15 is 0 Å². The van der Waals surface area contributed by atoms with Gasteiger partial charge in [0.1, 0.15) is 0 Å². The Kier molecular flexibility index (Phi) is 16.0. The van der Waals surface area contributed by atoms with Crippen molar-refractivity contribution < 1.29 is 4.79 Å². The van der Waals surface area contributed by atoms with Gasteiger partial charge in [0.15, 0.2) is 0 Å². The van der Waals surface area contributed by atoms with Crippen molar-refractivity contribution in [3.8, 4) is 0 Å². The summed E-state index contributed by atoms with van der Waals surface area (Å²) in [7, 11) is 0. The van der Waals surface area contributed by atoms with Gasteiger partial charge >= 0.3 is 0 Å². The molecule has 1 nitrogen and oxygen atoms in total. The van der Waals surface area contributed by atoms with Crippen molar-refractivity contribution in [1.82, 2.24) is 0 Å². The van der Waals surface area contributed by atoms with Crippen LogP contribution in [0.15, 0.2) is 24.3 Å². The van der Waals surface area contributed by atoms with Crippen molar-refractivity contribution in [2.24, 2.45) is 0 Å². The monoisotopic (exact) mass is 298 g/mol. The number of rotatable bonds is 14. The molecule has 0 N–H and O–H groups in total. The molecule has 0 radical (unpaired) electrons. The third-order valence-corrected chi connectivity index (χ3v) is 3.54. The molecule has 0 fully saturated rings. The summed E-state index contributed by atoms with van der Waals surface area (Å²) in [5.41, 5.74) is 0. The summed E-state index contributed by atoms with van der Waals surface area (Å²) in [4.78, 5) is 10.5. The van der Waals surface area contributed by atoms with Crippen LogP contribution in [-0.4, -0.2) is 5.24 Å². The molecular formula is C18H31ClO. The van der Waals surface area contributed by atoms with E-state index in [-0.39, 0.29) is 5.24 Å². The molecule has 0 aromatic rings. The van der Waals surface area contributed by atoms with Gasteiger partial charge < -0.3 is 0 Å². The molecule has 0 bridgehead atoms. The standard InChI is InChI=1S/C18H31ClO/c1-2-3-4-5-6-7-8-9-10-11-12-13-14-15-16-17-18(19)20/h9-12H,2-8,13-17H2,1H3. The lowest BCUT2D eigenvalue weighted by molar-refractivity contribution is -0.111. The van der Waals surface area contributed by atoms with Crippen LogP contribution in [0.2, 0.25) is 0 Å². The molecule has 116 valence electrons. The predicted octanol–water partition coefficient (Wildman–Crippen LogP) is 6.57. The lowest BCUT2D eigenvalue weighted by atomic mass is 10.1. The summed E-state index contributed by atoms with van der Waals surface area (Å²) in [5, 5.41) is -0.210. The maximum atomic E-state index is 10.5. The molecule has 2 heteroatoms. The van der Waals surface area contributed by atoms with Gasteiger partial charge in [0.25, 0.3) is 0 Å². The fourth-order valence-electron chi connectivity index (χ4n) is 2.10. The van der Waals surface area contributed by atoms with E-state index in [1.165, 1.54) is 44.9 Å². The van der Waals surface area contributed by atoms with E-state index in [4.69, 9.17) is 11.6 Å². The van der Waals surface area contributed by atoms with Gasteiger partial charge in [0.2, 0.25) is 5.24 Å². The third-order valence-electron chi connectivity index (χ3n) is 3.35. The van der Waals surface area contributed by atoms with Crippen LogP contribution < -0.4 is 0 Å². The minimum absolute atomic E-state index is 0.210. The van der Waals surface area contributed by atoms with Crippen LogP contribution in [0.5, 0.6) is 0 Å². The Morgan fingerprint density at radius 2 is 1.30 bits per heavy atom. The molecule has 0 saturated carbocycles. The average molecular weight is 299 g/mol. The van der Waals surface area contributed by atoms with Crippen molar-refractivity contribution in [2.75, 3.05) is 0 Å². The Morgan fingerprint density at radius 3 is 1.85 bits per heavy atom. The molecule has 0 atom stereocenters. The van der Waals surface area contributed by atoms with Crippen molar-refractivity contribution in [1.29, 1.82) is 0 Å². The van der Waals surface area contributed by atoms with E-state index in [2.05, 4.69) is 31.2 Å². The molecule has 0 aromatic carbocycles. The largest absolute Gasteiger partial charge is 0.281 e. The second-order valence-electron chi connectivity index (χ2n) is 5.37. The predicted molar refractivity (Wildman–Crippen MR) is 90.2 cm³/mol. The van der Waals surface area contributed by atoms with E-state index in [1.54, 1.807) is 0 Å². The highest BCUT2D eigenvalue weighted by molar-refractivity contribution is 6.63. The maximum Gasteiger partial charge on any atom is 0.221 e. The molecule has 0 rings (SSSR count). The number of carbonyl (C=O) groups is 1. The lowest BCUT2D eigenvalue weighted by Crippen LogP contribution is -1.85. The molecule has 0 aliphatic carbocycles. The van der Waals surface area contributed by atoms with E-state index < -0.39 is 0 Å². The summed E-state index contributed by atoms with van der Waals surface area (Å²) in [6.45, 7) is 2.26. The summed E-state index contributed by atoms with van der Waals surface area (Å²) >= 11 is 5.27. The Morgan fingerprint density at radius 1 is 0.800 bits per heavy atom. The summed E-state index contributed by atoms with van der Waals surface area (Å²) in [6, 6.07) is 0. The first-order valence-electron chi connectivity index (χ1n) is 8.27. The van der Waals surface area contributed by atoms with Crippen LogP contribution in [0.1, 0.15) is 84.0 Å². The number of hydrogen-bond donors (Lipinski definition) is 0. The minimum Gasteiger partial charge on any atom is -0.281 e. The lowest BCUT2D eigenvalue weighted by Gasteiger charge is -1.97. The molecular weight excluding hydrogens is 268 g/mol. The van der Waals surface area contributed by atoms with Gasteiger partial charge in [-0.2, -0.15) is 0 Å². The number of allylic oxidation sites excluding steroid dienone is 4. The second kappa shape index (κ2) is 16.5. The maximum absolute atomic E-state index is 10.5. The molecule has 0 amide bonds. The molecule has 20 heavy (non-hydrogen) atoms. The quantitative estimate of drug-likeness (QED) is 0.201. The molecule has 0 unspecified atom stereocenters. The van der Waals surface area contributed by atoms with Crippen LogP contribution in [0.3, 0.4) is 0 Å². The van der Waals surface area contributed by atoms with Gasteiger partial charge in [-0.15, -0.1) is 0 Å². The van der Waals surface area contributed by atoms with Crippen molar-refractivity contribution in [3.63, 3.8) is 0 Å². The van der Waals surface area contributed by atoms with E-state index in [9.17, 15) is 4.79 Å². The normalized spacial score (nSPS) is 11.7. The molecule has 0 aliphatic rings. The summed E-state index contributed by atoms with van der Waals surface area (Å²) in [5.74, 6) is 0. The molecule has 0 spiro atoms. The van der Waals surface area contributed by atoms with E-state index in [0.717, 1.165) is 25.7 Å². The zero-order valence-corrected chi connectivity index (χ0v) is 13.8. The van der Waals surface area contributed by atoms with Gasteiger partial charge in [-0.25, -0.2) is 0 Å². The zero-order chi connectivity index (χ0) is 14.9. The van der Waals surface area contributed by atoms with Crippen LogP contribution in [-0.2, 0) is 4.79 Å².